The summed E-state index contributed by atoms with van der Waals surface area (Å²) in [6, 6.07) is 0. The van der Waals surface area contributed by atoms with Gasteiger partial charge in [-0.25, -0.2) is 9.59 Å². The lowest BCUT2D eigenvalue weighted by Gasteiger charge is -2.38. The van der Waals surface area contributed by atoms with E-state index in [0.717, 1.165) is 0 Å². The van der Waals surface area contributed by atoms with E-state index in [1.54, 1.807) is 20.8 Å². The Morgan fingerprint density at radius 2 is 1.59 bits per heavy atom. The average Bonchev–Trinajstić information content (AvgIpc) is 2.23. The monoisotopic (exact) mass is 333 g/mol. The Morgan fingerprint density at radius 1 is 1.14 bits per heavy atom. The molecule has 1 N–H and O–H groups in total. The molecule has 130 valence electrons. The lowest BCUT2D eigenvalue weighted by atomic mass is 10.2. The number of carbonyl (C=O) groups is 2. The van der Waals surface area contributed by atoms with Gasteiger partial charge < -0.3 is 19.2 Å². The molecule has 0 aromatic rings. The maximum Gasteiger partial charge on any atom is 0.410 e. The maximum atomic E-state index is 11.9. The summed E-state index contributed by atoms with van der Waals surface area (Å²) in [5.41, 5.74) is -0.621. The minimum atomic E-state index is -2.24. The van der Waals surface area contributed by atoms with Gasteiger partial charge in [-0.05, 0) is 38.9 Å². The van der Waals surface area contributed by atoms with Gasteiger partial charge in [-0.15, -0.1) is 0 Å². The van der Waals surface area contributed by atoms with Crippen molar-refractivity contribution in [2.75, 3.05) is 13.6 Å². The van der Waals surface area contributed by atoms with Crippen molar-refractivity contribution >= 4 is 20.4 Å². The lowest BCUT2D eigenvalue weighted by Crippen LogP contribution is -2.50. The molecule has 0 aliphatic heterocycles. The van der Waals surface area contributed by atoms with Crippen molar-refractivity contribution in [1.82, 2.24) is 4.90 Å². The molecule has 0 aromatic heterocycles. The van der Waals surface area contributed by atoms with Crippen LogP contribution in [0.15, 0.2) is 0 Å². The van der Waals surface area contributed by atoms with Gasteiger partial charge in [-0.3, -0.25) is 0 Å². The van der Waals surface area contributed by atoms with E-state index < -0.39 is 32.1 Å². The molecule has 0 aliphatic carbocycles. The summed E-state index contributed by atoms with van der Waals surface area (Å²) >= 11 is 0. The molecule has 0 aromatic carbocycles. The minimum absolute atomic E-state index is 0.0449. The van der Waals surface area contributed by atoms with Crippen LogP contribution in [0.3, 0.4) is 0 Å². The Labute approximate surface area is 134 Å². The van der Waals surface area contributed by atoms with E-state index in [1.165, 1.54) is 11.9 Å². The van der Waals surface area contributed by atoms with Crippen LogP contribution in [0, 0.1) is 0 Å². The zero-order valence-electron chi connectivity index (χ0n) is 15.3. The fourth-order valence-corrected chi connectivity index (χ4v) is 2.60. The molecule has 0 saturated heterocycles. The van der Waals surface area contributed by atoms with Gasteiger partial charge in [0.05, 0.1) is 6.54 Å². The first-order valence-corrected chi connectivity index (χ1v) is 10.3. The van der Waals surface area contributed by atoms with Crippen molar-refractivity contribution in [3.63, 3.8) is 0 Å². The number of nitrogens with zero attached hydrogens (tertiary/aromatic N) is 1. The van der Waals surface area contributed by atoms with Crippen LogP contribution in [0.4, 0.5) is 4.79 Å². The molecule has 7 heteroatoms. The molecule has 22 heavy (non-hydrogen) atoms. The Kier molecular flexibility index (Phi) is 6.65. The highest BCUT2D eigenvalue weighted by Gasteiger charge is 2.41. The first-order valence-electron chi connectivity index (χ1n) is 7.41. The van der Waals surface area contributed by atoms with Crippen molar-refractivity contribution < 1.29 is 23.9 Å². The highest BCUT2D eigenvalue weighted by Crippen LogP contribution is 2.37. The highest BCUT2D eigenvalue weighted by molar-refractivity contribution is 6.74. The Balaban J connectivity index is 4.94. The quantitative estimate of drug-likeness (QED) is 0.781. The third kappa shape index (κ3) is 6.78. The number of likely N-dealkylation sites (N-methyl/N-ethyl adjacent to an activating group) is 1. The molecule has 0 fully saturated rings. The summed E-state index contributed by atoms with van der Waals surface area (Å²) in [6.07, 6.45) is -1.61. The van der Waals surface area contributed by atoms with Crippen molar-refractivity contribution in [2.45, 2.75) is 71.4 Å². The van der Waals surface area contributed by atoms with Crippen LogP contribution in [0.25, 0.3) is 0 Å². The molecule has 6 nitrogen and oxygen atoms in total. The summed E-state index contributed by atoms with van der Waals surface area (Å²) in [5, 5.41) is 9.28. The van der Waals surface area contributed by atoms with Crippen LogP contribution >= 0.6 is 0 Å². The second kappa shape index (κ2) is 7.00. The van der Waals surface area contributed by atoms with Gasteiger partial charge in [-0.1, -0.05) is 20.8 Å². The zero-order valence-corrected chi connectivity index (χ0v) is 16.3. The van der Waals surface area contributed by atoms with E-state index >= 15 is 0 Å². The van der Waals surface area contributed by atoms with Gasteiger partial charge in [0.1, 0.15) is 5.60 Å². The topological polar surface area (TPSA) is 76.1 Å². The number of carbonyl (C=O) groups excluding carboxylic acids is 1. The van der Waals surface area contributed by atoms with Crippen LogP contribution in [0.5, 0.6) is 0 Å². The minimum Gasteiger partial charge on any atom is -0.479 e. The van der Waals surface area contributed by atoms with Crippen molar-refractivity contribution in [3.05, 3.63) is 0 Å². The Hall–Kier alpha value is -1.08. The summed E-state index contributed by atoms with van der Waals surface area (Å²) in [7, 11) is -0.726. The molecule has 0 rings (SSSR count). The van der Waals surface area contributed by atoms with Crippen molar-refractivity contribution in [1.29, 1.82) is 0 Å². The van der Waals surface area contributed by atoms with Crippen LogP contribution in [-0.4, -0.2) is 55.7 Å². The third-order valence-corrected chi connectivity index (χ3v) is 8.15. The summed E-state index contributed by atoms with van der Waals surface area (Å²) in [5.74, 6) is -1.07. The summed E-state index contributed by atoms with van der Waals surface area (Å²) < 4.78 is 11.1. The van der Waals surface area contributed by atoms with E-state index in [4.69, 9.17) is 9.16 Å². The second-order valence-corrected chi connectivity index (χ2v) is 12.8. The van der Waals surface area contributed by atoms with Crippen molar-refractivity contribution in [3.8, 4) is 0 Å². The van der Waals surface area contributed by atoms with E-state index in [-0.39, 0.29) is 11.6 Å². The highest BCUT2D eigenvalue weighted by atomic mass is 28.4. The molecule has 1 amide bonds. The summed E-state index contributed by atoms with van der Waals surface area (Å²) in [4.78, 5) is 24.7. The fraction of sp³-hybridized carbons (Fsp3) is 0.867. The van der Waals surface area contributed by atoms with Gasteiger partial charge >= 0.3 is 12.1 Å². The number of rotatable bonds is 5. The van der Waals surface area contributed by atoms with E-state index in [9.17, 15) is 14.7 Å². The fourth-order valence-electron chi connectivity index (χ4n) is 1.36. The van der Waals surface area contributed by atoms with Gasteiger partial charge in [0.2, 0.25) is 0 Å². The molecule has 0 radical (unpaired) electrons. The second-order valence-electron chi connectivity index (χ2n) is 8.07. The number of amides is 1. The SMILES string of the molecule is CN(C[C@H](O[Si](C)(C)C(C)(C)C)C(=O)O)C(=O)OC(C)(C)C. The lowest BCUT2D eigenvalue weighted by molar-refractivity contribution is -0.146. The number of carboxylic acid groups (broad SMARTS) is 1. The van der Waals surface area contributed by atoms with Crippen LogP contribution in [0.2, 0.25) is 18.1 Å². The number of ether oxygens (including phenoxy) is 1. The first kappa shape index (κ1) is 20.9. The van der Waals surface area contributed by atoms with E-state index in [1.807, 2.05) is 33.9 Å². The molecule has 0 bridgehead atoms. The molecule has 0 aliphatic rings. The van der Waals surface area contributed by atoms with Crippen molar-refractivity contribution in [2.24, 2.45) is 0 Å². The van der Waals surface area contributed by atoms with Gasteiger partial charge in [-0.2, -0.15) is 0 Å². The van der Waals surface area contributed by atoms with E-state index in [2.05, 4.69) is 0 Å². The summed E-state index contributed by atoms with van der Waals surface area (Å²) in [6.45, 7) is 15.3. The maximum absolute atomic E-state index is 11.9. The number of aliphatic carboxylic acids is 1. The molecular formula is C15H31NO5Si. The zero-order chi connectivity index (χ0) is 17.9. The Morgan fingerprint density at radius 3 is 1.91 bits per heavy atom. The molecule has 0 spiro atoms. The molecule has 0 heterocycles. The van der Waals surface area contributed by atoms with Crippen LogP contribution in [-0.2, 0) is 14.0 Å². The average molecular weight is 334 g/mol. The van der Waals surface area contributed by atoms with E-state index in [0.29, 0.717) is 0 Å². The van der Waals surface area contributed by atoms with Crippen LogP contribution in [0.1, 0.15) is 41.5 Å². The third-order valence-electron chi connectivity index (χ3n) is 3.66. The molecule has 1 atom stereocenters. The first-order chi connectivity index (χ1) is 9.57. The number of carboxylic acids is 1. The van der Waals surface area contributed by atoms with Crippen LogP contribution < -0.4 is 0 Å². The molecular weight excluding hydrogens is 302 g/mol. The van der Waals surface area contributed by atoms with Gasteiger partial charge in [0.15, 0.2) is 14.4 Å². The number of hydrogen-bond donors (Lipinski definition) is 1. The molecule has 0 saturated carbocycles. The Bertz CT molecular complexity index is 409. The standard InChI is InChI=1S/C15H31NO5Si/c1-14(2,3)20-13(19)16(7)10-11(12(17)18)21-22(8,9)15(4,5)6/h11H,10H2,1-9H3,(H,17,18)/t11-/m0/s1. The normalized spacial score (nSPS) is 14.4. The smallest absolute Gasteiger partial charge is 0.410 e. The molecule has 0 unspecified atom stereocenters. The predicted octanol–water partition coefficient (Wildman–Crippen LogP) is 3.33. The van der Waals surface area contributed by atoms with Gasteiger partial charge in [0.25, 0.3) is 0 Å². The van der Waals surface area contributed by atoms with Gasteiger partial charge in [0, 0.05) is 7.05 Å². The largest absolute Gasteiger partial charge is 0.479 e. The number of hydrogen-bond acceptors (Lipinski definition) is 4. The predicted molar refractivity (Wildman–Crippen MR) is 88.6 cm³/mol.